The number of piperidine rings is 1. The molecule has 25 heavy (non-hydrogen) atoms. The largest absolute Gasteiger partial charge is 0.481 e. The molecule has 1 saturated carbocycles. The minimum Gasteiger partial charge on any atom is -0.481 e. The second-order valence-corrected chi connectivity index (χ2v) is 8.72. The van der Waals surface area contributed by atoms with E-state index in [0.717, 1.165) is 5.56 Å². The molecule has 8 heteroatoms. The highest BCUT2D eigenvalue weighted by atomic mass is 32.2. The second kappa shape index (κ2) is 6.76. The third-order valence-electron chi connectivity index (χ3n) is 4.90. The van der Waals surface area contributed by atoms with E-state index in [9.17, 15) is 18.0 Å². The first-order valence-corrected chi connectivity index (χ1v) is 9.83. The Morgan fingerprint density at radius 2 is 1.72 bits per heavy atom. The van der Waals surface area contributed by atoms with Gasteiger partial charge in [0.2, 0.25) is 15.9 Å². The molecule has 2 atom stereocenters. The Hall–Kier alpha value is -1.93. The van der Waals surface area contributed by atoms with Crippen LogP contribution in [0.15, 0.2) is 29.2 Å². The Kier molecular flexibility index (Phi) is 4.83. The van der Waals surface area contributed by atoms with Crippen LogP contribution in [0.3, 0.4) is 0 Å². The lowest BCUT2D eigenvalue weighted by Gasteiger charge is -2.31. The number of hydrogen-bond acceptors (Lipinski definition) is 4. The van der Waals surface area contributed by atoms with Gasteiger partial charge >= 0.3 is 5.97 Å². The average molecular weight is 366 g/mol. The number of carbonyl (C=O) groups is 2. The minimum atomic E-state index is -3.51. The van der Waals surface area contributed by atoms with Crippen LogP contribution in [0.4, 0.5) is 0 Å². The van der Waals surface area contributed by atoms with Crippen molar-refractivity contribution >= 4 is 21.9 Å². The van der Waals surface area contributed by atoms with Crippen LogP contribution >= 0.6 is 0 Å². The van der Waals surface area contributed by atoms with Crippen LogP contribution in [0.5, 0.6) is 0 Å². The van der Waals surface area contributed by atoms with Crippen LogP contribution in [-0.2, 0) is 19.6 Å². The molecule has 1 aromatic carbocycles. The lowest BCUT2D eigenvalue weighted by molar-refractivity contribution is -0.140. The first-order chi connectivity index (χ1) is 11.8. The van der Waals surface area contributed by atoms with Gasteiger partial charge in [0.15, 0.2) is 0 Å². The van der Waals surface area contributed by atoms with Crippen molar-refractivity contribution < 1.29 is 23.1 Å². The zero-order valence-electron chi connectivity index (χ0n) is 14.0. The molecular formula is C17H22N2O5S. The van der Waals surface area contributed by atoms with E-state index < -0.39 is 27.8 Å². The van der Waals surface area contributed by atoms with E-state index in [4.69, 9.17) is 5.11 Å². The summed E-state index contributed by atoms with van der Waals surface area (Å²) in [7, 11) is -3.51. The van der Waals surface area contributed by atoms with Crippen LogP contribution in [0.2, 0.25) is 0 Å². The van der Waals surface area contributed by atoms with Crippen LogP contribution < -0.4 is 5.32 Å². The number of carboxylic acids is 1. The Bertz CT molecular complexity index is 767. The topological polar surface area (TPSA) is 104 Å². The Morgan fingerprint density at radius 1 is 1.12 bits per heavy atom. The smallest absolute Gasteiger partial charge is 0.307 e. The normalized spacial score (nSPS) is 24.7. The van der Waals surface area contributed by atoms with Gasteiger partial charge < -0.3 is 10.4 Å². The summed E-state index contributed by atoms with van der Waals surface area (Å²) in [5.74, 6) is -2.17. The number of aliphatic carboxylic acids is 1. The van der Waals surface area contributed by atoms with Gasteiger partial charge in [0.25, 0.3) is 0 Å². The molecular weight excluding hydrogens is 344 g/mol. The molecule has 1 aliphatic heterocycles. The van der Waals surface area contributed by atoms with E-state index in [2.05, 4.69) is 5.32 Å². The van der Waals surface area contributed by atoms with E-state index in [1.54, 1.807) is 24.3 Å². The highest BCUT2D eigenvalue weighted by Gasteiger charge is 2.48. The highest BCUT2D eigenvalue weighted by molar-refractivity contribution is 7.89. The number of rotatable bonds is 5. The van der Waals surface area contributed by atoms with Gasteiger partial charge in [-0.3, -0.25) is 9.59 Å². The molecule has 1 aliphatic carbocycles. The summed E-state index contributed by atoms with van der Waals surface area (Å²) in [6, 6.07) is 6.66. The van der Waals surface area contributed by atoms with Gasteiger partial charge in [0.05, 0.1) is 16.7 Å². The highest BCUT2D eigenvalue weighted by Crippen LogP contribution is 2.39. The molecule has 136 valence electrons. The summed E-state index contributed by atoms with van der Waals surface area (Å²) in [6.07, 6.45) is 1.45. The van der Waals surface area contributed by atoms with Crippen molar-refractivity contribution in [1.82, 2.24) is 9.62 Å². The quantitative estimate of drug-likeness (QED) is 0.809. The van der Waals surface area contributed by atoms with Gasteiger partial charge in [-0.1, -0.05) is 17.7 Å². The summed E-state index contributed by atoms with van der Waals surface area (Å²) in [5.41, 5.74) is 1.00. The van der Waals surface area contributed by atoms with Gasteiger partial charge in [-0.2, -0.15) is 4.31 Å². The number of hydrogen-bond donors (Lipinski definition) is 2. The summed E-state index contributed by atoms with van der Waals surface area (Å²) in [4.78, 5) is 23.1. The first kappa shape index (κ1) is 17.9. The molecule has 3 rings (SSSR count). The molecule has 1 heterocycles. The number of nitrogens with zero attached hydrogens (tertiary/aromatic N) is 1. The van der Waals surface area contributed by atoms with Crippen LogP contribution in [0, 0.1) is 18.8 Å². The predicted molar refractivity (Wildman–Crippen MR) is 90.3 cm³/mol. The fraction of sp³-hybridized carbons (Fsp3) is 0.529. The minimum absolute atomic E-state index is 0.105. The molecule has 1 saturated heterocycles. The zero-order valence-corrected chi connectivity index (χ0v) is 14.8. The van der Waals surface area contributed by atoms with E-state index in [1.165, 1.54) is 4.31 Å². The zero-order chi connectivity index (χ0) is 18.2. The van der Waals surface area contributed by atoms with E-state index in [-0.39, 0.29) is 16.8 Å². The molecule has 0 aromatic heterocycles. The number of aryl methyl sites for hydroxylation is 1. The summed E-state index contributed by atoms with van der Waals surface area (Å²) >= 11 is 0. The van der Waals surface area contributed by atoms with E-state index in [1.807, 2.05) is 6.92 Å². The number of carbonyl (C=O) groups excluding carboxylic acids is 1. The maximum Gasteiger partial charge on any atom is 0.307 e. The summed E-state index contributed by atoms with van der Waals surface area (Å²) < 4.78 is 26.7. The fourth-order valence-electron chi connectivity index (χ4n) is 3.17. The molecule has 2 N–H and O–H groups in total. The third kappa shape index (κ3) is 3.85. The number of sulfonamides is 1. The number of amides is 1. The average Bonchev–Trinajstić information content (AvgIpc) is 3.37. The van der Waals surface area contributed by atoms with Crippen molar-refractivity contribution in [2.24, 2.45) is 11.8 Å². The maximum atomic E-state index is 12.6. The summed E-state index contributed by atoms with van der Waals surface area (Å²) in [5, 5.41) is 11.7. The number of nitrogens with one attached hydrogen (secondary N) is 1. The van der Waals surface area contributed by atoms with Crippen molar-refractivity contribution in [2.75, 3.05) is 13.1 Å². The SMILES string of the molecule is Cc1ccc(S(=O)(=O)N2CCC(NC(=O)C3CC3C(=O)O)CC2)cc1. The number of benzene rings is 1. The monoisotopic (exact) mass is 366 g/mol. The Balaban J connectivity index is 1.54. The molecule has 2 fully saturated rings. The predicted octanol–water partition coefficient (Wildman–Crippen LogP) is 0.985. The van der Waals surface area contributed by atoms with Gasteiger partial charge in [-0.05, 0) is 38.3 Å². The lowest BCUT2D eigenvalue weighted by atomic mass is 10.1. The molecule has 0 spiro atoms. The fourth-order valence-corrected chi connectivity index (χ4v) is 4.64. The molecule has 7 nitrogen and oxygen atoms in total. The van der Waals surface area contributed by atoms with Gasteiger partial charge in [-0.25, -0.2) is 8.42 Å². The Morgan fingerprint density at radius 3 is 2.24 bits per heavy atom. The number of carboxylic acid groups (broad SMARTS) is 1. The van der Waals surface area contributed by atoms with Crippen LogP contribution in [0.1, 0.15) is 24.8 Å². The second-order valence-electron chi connectivity index (χ2n) is 6.79. The Labute approximate surface area is 147 Å². The van der Waals surface area contributed by atoms with Gasteiger partial charge in [0.1, 0.15) is 0 Å². The summed E-state index contributed by atoms with van der Waals surface area (Å²) in [6.45, 7) is 2.59. The molecule has 2 unspecified atom stereocenters. The standard InChI is InChI=1S/C17H22N2O5S/c1-11-2-4-13(5-3-11)25(23,24)19-8-6-12(7-9-19)18-16(20)14-10-15(14)17(21)22/h2-5,12,14-15H,6-10H2,1H3,(H,18,20)(H,21,22). The third-order valence-corrected chi connectivity index (χ3v) is 6.82. The van der Waals surface area contributed by atoms with Crippen LogP contribution in [-0.4, -0.2) is 48.8 Å². The molecule has 1 amide bonds. The molecule has 1 aromatic rings. The van der Waals surface area contributed by atoms with Crippen molar-refractivity contribution in [3.05, 3.63) is 29.8 Å². The van der Waals surface area contributed by atoms with Crippen molar-refractivity contribution in [3.63, 3.8) is 0 Å². The van der Waals surface area contributed by atoms with Crippen LogP contribution in [0.25, 0.3) is 0 Å². The van der Waals surface area contributed by atoms with E-state index >= 15 is 0 Å². The van der Waals surface area contributed by atoms with E-state index in [0.29, 0.717) is 32.4 Å². The molecule has 2 aliphatic rings. The van der Waals surface area contributed by atoms with Crippen molar-refractivity contribution in [2.45, 2.75) is 37.1 Å². The van der Waals surface area contributed by atoms with Crippen molar-refractivity contribution in [3.8, 4) is 0 Å². The first-order valence-electron chi connectivity index (χ1n) is 8.39. The van der Waals surface area contributed by atoms with Gasteiger partial charge in [-0.15, -0.1) is 0 Å². The maximum absolute atomic E-state index is 12.6. The lowest BCUT2D eigenvalue weighted by Crippen LogP contribution is -2.47. The molecule has 0 radical (unpaired) electrons. The molecule has 0 bridgehead atoms. The van der Waals surface area contributed by atoms with Gasteiger partial charge in [0, 0.05) is 19.1 Å². The van der Waals surface area contributed by atoms with Crippen molar-refractivity contribution in [1.29, 1.82) is 0 Å².